The lowest BCUT2D eigenvalue weighted by Gasteiger charge is -2.00. The van der Waals surface area contributed by atoms with Crippen LogP contribution in [0.4, 0.5) is 0 Å². The predicted octanol–water partition coefficient (Wildman–Crippen LogP) is 2.30. The number of nitriles is 2. The van der Waals surface area contributed by atoms with Crippen molar-refractivity contribution in [3.63, 3.8) is 0 Å². The number of hydrogen-bond donors (Lipinski definition) is 0. The third-order valence-electron chi connectivity index (χ3n) is 2.44. The van der Waals surface area contributed by atoms with E-state index in [-0.39, 0.29) is 5.69 Å². The Morgan fingerprint density at radius 1 is 1.29 bits per heavy atom. The Bertz CT molecular complexity index is 609. The number of nitrogens with zero attached hydrogens (tertiary/aromatic N) is 4. The number of imidazole rings is 1. The summed E-state index contributed by atoms with van der Waals surface area (Å²) in [6, 6.07) is 8.08. The van der Waals surface area contributed by atoms with Crippen molar-refractivity contribution in [3.8, 4) is 12.1 Å². The highest BCUT2D eigenvalue weighted by Gasteiger charge is 2.10. The Morgan fingerprint density at radius 2 is 2.06 bits per heavy atom. The Hall–Kier alpha value is -2.11. The van der Waals surface area contributed by atoms with Crippen molar-refractivity contribution >= 4 is 11.3 Å². The van der Waals surface area contributed by atoms with Crippen LogP contribution in [0.1, 0.15) is 28.1 Å². The molecule has 0 spiro atoms. The van der Waals surface area contributed by atoms with Crippen molar-refractivity contribution in [1.82, 2.24) is 9.55 Å². The second-order valence-electron chi connectivity index (χ2n) is 3.51. The highest BCUT2D eigenvalue weighted by molar-refractivity contribution is 7.11. The monoisotopic (exact) mass is 242 g/mol. The molecule has 4 nitrogen and oxygen atoms in total. The van der Waals surface area contributed by atoms with Crippen molar-refractivity contribution in [1.29, 1.82) is 10.5 Å². The number of thiophene rings is 1. The first-order valence-electron chi connectivity index (χ1n) is 5.21. The molecule has 0 saturated carbocycles. The Labute approximate surface area is 103 Å². The molecule has 2 aromatic rings. The van der Waals surface area contributed by atoms with Crippen molar-refractivity contribution in [3.05, 3.63) is 39.6 Å². The molecule has 5 heteroatoms. The van der Waals surface area contributed by atoms with Gasteiger partial charge < -0.3 is 4.57 Å². The van der Waals surface area contributed by atoms with Crippen LogP contribution in [0.25, 0.3) is 0 Å². The molecule has 0 atom stereocenters. The number of aryl methyl sites for hydroxylation is 1. The highest BCUT2D eigenvalue weighted by atomic mass is 32.1. The van der Waals surface area contributed by atoms with Gasteiger partial charge in [0.25, 0.3) is 0 Å². The van der Waals surface area contributed by atoms with Gasteiger partial charge >= 0.3 is 0 Å². The summed E-state index contributed by atoms with van der Waals surface area (Å²) in [5.41, 5.74) is 0.527. The second kappa shape index (κ2) is 4.82. The van der Waals surface area contributed by atoms with Gasteiger partial charge in [0, 0.05) is 9.75 Å². The van der Waals surface area contributed by atoms with Crippen LogP contribution in [0.5, 0.6) is 0 Å². The molecule has 0 aliphatic heterocycles. The zero-order valence-electron chi connectivity index (χ0n) is 9.34. The van der Waals surface area contributed by atoms with Crippen LogP contribution in [0.2, 0.25) is 0 Å². The maximum atomic E-state index is 8.99. The number of hydrogen-bond acceptors (Lipinski definition) is 4. The zero-order valence-corrected chi connectivity index (χ0v) is 10.2. The Kier molecular flexibility index (Phi) is 3.22. The van der Waals surface area contributed by atoms with Gasteiger partial charge in [-0.15, -0.1) is 11.3 Å². The Balaban J connectivity index is 2.28. The molecule has 2 aromatic heterocycles. The van der Waals surface area contributed by atoms with Gasteiger partial charge in [-0.2, -0.15) is 10.5 Å². The molecular weight excluding hydrogens is 232 g/mol. The summed E-state index contributed by atoms with van der Waals surface area (Å²) in [6.07, 6.45) is 2.56. The molecule has 17 heavy (non-hydrogen) atoms. The maximum Gasteiger partial charge on any atom is 0.176 e. The fraction of sp³-hybridized carbons (Fsp3) is 0.250. The van der Waals surface area contributed by atoms with Crippen molar-refractivity contribution in [2.45, 2.75) is 19.9 Å². The average Bonchev–Trinajstić information content (AvgIpc) is 2.95. The highest BCUT2D eigenvalue weighted by Crippen LogP contribution is 2.19. The molecule has 0 saturated heterocycles. The molecule has 0 amide bonds. The lowest BCUT2D eigenvalue weighted by atomic mass is 10.3. The van der Waals surface area contributed by atoms with E-state index in [1.54, 1.807) is 22.2 Å². The summed E-state index contributed by atoms with van der Waals surface area (Å²) in [5, 5.41) is 17.8. The van der Waals surface area contributed by atoms with Crippen molar-refractivity contribution in [2.24, 2.45) is 0 Å². The molecule has 0 N–H and O–H groups in total. The topological polar surface area (TPSA) is 65.4 Å². The SMILES string of the molecule is CCc1ccc(Cn2cnc(C#N)c2C#N)s1. The number of rotatable bonds is 3. The van der Waals surface area contributed by atoms with Gasteiger partial charge in [0.05, 0.1) is 12.9 Å². The first-order valence-corrected chi connectivity index (χ1v) is 6.03. The van der Waals surface area contributed by atoms with E-state index in [9.17, 15) is 0 Å². The van der Waals surface area contributed by atoms with E-state index in [0.29, 0.717) is 12.2 Å². The maximum absolute atomic E-state index is 8.99. The molecule has 0 unspecified atom stereocenters. The standard InChI is InChI=1S/C12H10N4S/c1-2-9-3-4-10(17-9)7-16-8-15-11(5-13)12(16)6-14/h3-4,8H,2,7H2,1H3. The lowest BCUT2D eigenvalue weighted by Crippen LogP contribution is -1.99. The van der Waals surface area contributed by atoms with Crippen LogP contribution < -0.4 is 0 Å². The van der Waals surface area contributed by atoms with Crippen LogP contribution in [-0.4, -0.2) is 9.55 Å². The third-order valence-corrected chi connectivity index (χ3v) is 3.66. The van der Waals surface area contributed by atoms with E-state index >= 15 is 0 Å². The Morgan fingerprint density at radius 3 is 2.65 bits per heavy atom. The van der Waals surface area contributed by atoms with Crippen LogP contribution in [0.15, 0.2) is 18.5 Å². The van der Waals surface area contributed by atoms with Crippen LogP contribution in [0.3, 0.4) is 0 Å². The minimum atomic E-state index is 0.194. The fourth-order valence-corrected chi connectivity index (χ4v) is 2.52. The van der Waals surface area contributed by atoms with E-state index in [4.69, 9.17) is 10.5 Å². The summed E-state index contributed by atoms with van der Waals surface area (Å²) in [4.78, 5) is 6.40. The van der Waals surface area contributed by atoms with Gasteiger partial charge in [0.15, 0.2) is 11.4 Å². The van der Waals surface area contributed by atoms with E-state index in [1.807, 2.05) is 12.1 Å². The molecule has 0 fully saturated rings. The lowest BCUT2D eigenvalue weighted by molar-refractivity contribution is 0.797. The van der Waals surface area contributed by atoms with Gasteiger partial charge in [-0.05, 0) is 18.6 Å². The number of aromatic nitrogens is 2. The van der Waals surface area contributed by atoms with Gasteiger partial charge in [-0.3, -0.25) is 0 Å². The molecule has 0 aliphatic carbocycles. The zero-order chi connectivity index (χ0) is 12.3. The van der Waals surface area contributed by atoms with Gasteiger partial charge in [0.2, 0.25) is 0 Å². The summed E-state index contributed by atoms with van der Waals surface area (Å²) < 4.78 is 1.71. The fourth-order valence-electron chi connectivity index (χ4n) is 1.57. The molecule has 0 aliphatic rings. The largest absolute Gasteiger partial charge is 0.316 e. The molecular formula is C12H10N4S. The van der Waals surface area contributed by atoms with Crippen molar-refractivity contribution in [2.75, 3.05) is 0 Å². The summed E-state index contributed by atoms with van der Waals surface area (Å²) >= 11 is 1.72. The second-order valence-corrected chi connectivity index (χ2v) is 4.77. The quantitative estimate of drug-likeness (QED) is 0.829. The molecule has 0 aromatic carbocycles. The normalized spacial score (nSPS) is 9.82. The van der Waals surface area contributed by atoms with E-state index in [2.05, 4.69) is 24.0 Å². The van der Waals surface area contributed by atoms with Crippen LogP contribution in [0, 0.1) is 22.7 Å². The van der Waals surface area contributed by atoms with Gasteiger partial charge in [-0.25, -0.2) is 4.98 Å². The van der Waals surface area contributed by atoms with E-state index in [1.165, 1.54) is 9.75 Å². The van der Waals surface area contributed by atoms with E-state index < -0.39 is 0 Å². The first kappa shape index (κ1) is 11.4. The minimum Gasteiger partial charge on any atom is -0.316 e. The predicted molar refractivity (Wildman–Crippen MR) is 64.5 cm³/mol. The third kappa shape index (κ3) is 2.20. The van der Waals surface area contributed by atoms with Gasteiger partial charge in [-0.1, -0.05) is 6.92 Å². The summed E-state index contributed by atoms with van der Waals surface area (Å²) in [6.45, 7) is 2.71. The summed E-state index contributed by atoms with van der Waals surface area (Å²) in [5.74, 6) is 0. The first-order chi connectivity index (χ1) is 8.28. The van der Waals surface area contributed by atoms with Crippen LogP contribution >= 0.6 is 11.3 Å². The van der Waals surface area contributed by atoms with Gasteiger partial charge in [0.1, 0.15) is 12.1 Å². The molecule has 0 bridgehead atoms. The molecule has 0 radical (unpaired) electrons. The van der Waals surface area contributed by atoms with E-state index in [0.717, 1.165) is 6.42 Å². The molecule has 2 rings (SSSR count). The minimum absolute atomic E-state index is 0.194. The summed E-state index contributed by atoms with van der Waals surface area (Å²) in [7, 11) is 0. The smallest absolute Gasteiger partial charge is 0.176 e. The molecule has 84 valence electrons. The molecule has 2 heterocycles. The average molecular weight is 242 g/mol. The van der Waals surface area contributed by atoms with Crippen molar-refractivity contribution < 1.29 is 0 Å². The van der Waals surface area contributed by atoms with Crippen LogP contribution in [-0.2, 0) is 13.0 Å².